The van der Waals surface area contributed by atoms with E-state index in [0.717, 1.165) is 24.3 Å². The summed E-state index contributed by atoms with van der Waals surface area (Å²) in [5, 5.41) is 0. The van der Waals surface area contributed by atoms with Gasteiger partial charge in [0.2, 0.25) is 25.1 Å². The first-order chi connectivity index (χ1) is 18.9. The topological polar surface area (TPSA) is 120 Å². The van der Waals surface area contributed by atoms with E-state index in [1.54, 1.807) is 0 Å². The van der Waals surface area contributed by atoms with E-state index in [0.29, 0.717) is 48.5 Å². The number of nitrogen functional groups attached to an aromatic ring is 2. The minimum atomic E-state index is -5.97. The van der Waals surface area contributed by atoms with E-state index in [-0.39, 0.29) is 21.2 Å². The molecule has 0 saturated heterocycles. The smallest absolute Gasteiger partial charge is 0.399 e. The van der Waals surface area contributed by atoms with Crippen LogP contribution in [0, 0.1) is 0 Å². The van der Waals surface area contributed by atoms with Gasteiger partial charge in [0.15, 0.2) is 0 Å². The average Bonchev–Trinajstić information content (AvgIpc) is 2.88. The Morgan fingerprint density at radius 3 is 0.854 bits per heavy atom. The highest BCUT2D eigenvalue weighted by molar-refractivity contribution is 7.91. The van der Waals surface area contributed by atoms with Crippen LogP contribution in [0.1, 0.15) is 11.1 Å². The fourth-order valence-corrected chi connectivity index (χ4v) is 6.84. The first-order valence-electron chi connectivity index (χ1n) is 11.5. The molecule has 6 nitrogen and oxygen atoms in total. The van der Waals surface area contributed by atoms with Gasteiger partial charge >= 0.3 is 12.4 Å². The lowest BCUT2D eigenvalue weighted by Gasteiger charge is -2.38. The molecule has 0 fully saturated rings. The fraction of sp³-hybridized carbons (Fsp3) is 0.111. The van der Waals surface area contributed by atoms with Crippen LogP contribution in [0.5, 0.6) is 0 Å². The van der Waals surface area contributed by atoms with Gasteiger partial charge in [-0.2, -0.15) is 26.3 Å². The minimum Gasteiger partial charge on any atom is -0.399 e. The van der Waals surface area contributed by atoms with Crippen molar-refractivity contribution in [3.05, 3.63) is 108 Å². The molecule has 216 valence electrons. The van der Waals surface area contributed by atoms with E-state index in [4.69, 9.17) is 11.5 Å². The molecule has 0 unspecified atom stereocenters. The Morgan fingerprint density at radius 2 is 0.634 bits per heavy atom. The Kier molecular flexibility index (Phi) is 7.37. The molecule has 0 heterocycles. The minimum absolute atomic E-state index is 0.242. The molecule has 0 radical (unpaired) electrons. The fourth-order valence-electron chi connectivity index (χ4n) is 4.32. The van der Waals surface area contributed by atoms with Gasteiger partial charge in [-0.05, 0) is 83.9 Å². The lowest BCUT2D eigenvalue weighted by Crippen LogP contribution is -2.54. The Labute approximate surface area is 231 Å². The quantitative estimate of drug-likeness (QED) is 0.205. The number of rotatable bonds is 6. The van der Waals surface area contributed by atoms with Gasteiger partial charge in [0, 0.05) is 11.4 Å². The summed E-state index contributed by atoms with van der Waals surface area (Å²) < 4.78 is 139. The Hall–Kier alpha value is -4.04. The summed E-state index contributed by atoms with van der Waals surface area (Å²) in [6.07, 6.45) is -11.9. The monoisotopic (exact) mass is 614 g/mol. The zero-order chi connectivity index (χ0) is 30.4. The molecule has 0 aliphatic rings. The highest BCUT2D eigenvalue weighted by Crippen LogP contribution is 2.56. The largest absolute Gasteiger partial charge is 0.411 e. The van der Waals surface area contributed by atoms with Gasteiger partial charge in [0.1, 0.15) is 0 Å². The maximum atomic E-state index is 14.5. The van der Waals surface area contributed by atoms with Crippen molar-refractivity contribution in [1.29, 1.82) is 0 Å². The summed E-state index contributed by atoms with van der Waals surface area (Å²) in [6, 6.07) is 14.0. The second-order valence-corrected chi connectivity index (χ2v) is 12.8. The van der Waals surface area contributed by atoms with Crippen molar-refractivity contribution in [2.45, 2.75) is 37.3 Å². The molecule has 0 aliphatic heterocycles. The van der Waals surface area contributed by atoms with Crippen molar-refractivity contribution in [1.82, 2.24) is 0 Å². The van der Waals surface area contributed by atoms with Gasteiger partial charge in [0.25, 0.3) is 0 Å². The summed E-state index contributed by atoms with van der Waals surface area (Å²) in [5.41, 5.74) is 4.30. The van der Waals surface area contributed by atoms with Crippen LogP contribution in [0.2, 0.25) is 0 Å². The van der Waals surface area contributed by atoms with E-state index >= 15 is 0 Å². The van der Waals surface area contributed by atoms with E-state index in [9.17, 15) is 43.2 Å². The number of sulfone groups is 2. The van der Waals surface area contributed by atoms with Crippen LogP contribution < -0.4 is 11.5 Å². The second kappa shape index (κ2) is 10.1. The summed E-state index contributed by atoms with van der Waals surface area (Å²) in [7, 11) is -8.59. The van der Waals surface area contributed by atoms with Crippen molar-refractivity contribution < 1.29 is 43.2 Å². The molecular weight excluding hydrogens is 594 g/mol. The third-order valence-corrected chi connectivity index (χ3v) is 10.00. The number of nitrogens with two attached hydrogens (primary N) is 2. The van der Waals surface area contributed by atoms with Crippen LogP contribution in [0.15, 0.2) is 117 Å². The zero-order valence-corrected chi connectivity index (χ0v) is 22.2. The normalized spacial score (nSPS) is 13.2. The van der Waals surface area contributed by atoms with Crippen molar-refractivity contribution in [2.24, 2.45) is 0 Å². The first-order valence-corrected chi connectivity index (χ1v) is 14.4. The average molecular weight is 615 g/mol. The molecule has 0 saturated carbocycles. The molecule has 0 aromatic heterocycles. The summed E-state index contributed by atoms with van der Waals surface area (Å²) in [6.45, 7) is 0. The predicted molar refractivity (Wildman–Crippen MR) is 138 cm³/mol. The van der Waals surface area contributed by atoms with Crippen LogP contribution in [-0.4, -0.2) is 29.2 Å². The third kappa shape index (κ3) is 5.12. The van der Waals surface area contributed by atoms with Gasteiger partial charge in [-0.3, -0.25) is 0 Å². The van der Waals surface area contributed by atoms with Crippen LogP contribution in [0.3, 0.4) is 0 Å². The molecule has 4 rings (SSSR count). The van der Waals surface area contributed by atoms with Crippen LogP contribution in [0.25, 0.3) is 0 Å². The number of benzene rings is 4. The molecule has 14 heteroatoms. The second-order valence-electron chi connectivity index (χ2n) is 8.94. The molecule has 0 atom stereocenters. The van der Waals surface area contributed by atoms with Crippen LogP contribution in [0.4, 0.5) is 37.7 Å². The highest BCUT2D eigenvalue weighted by atomic mass is 32.2. The maximum Gasteiger partial charge on any atom is 0.411 e. The standard InChI is InChI=1S/C27H20F6N2O4S2/c28-26(29,30)25(27(31,32)33,17-1-9-21(10-2-17)40(36,37)23-13-5-19(34)6-14-23)18-3-11-22(12-4-18)41(38,39)24-15-7-20(35)8-16-24/h1-16H,34-35H2. The van der Waals surface area contributed by atoms with Gasteiger partial charge in [-0.1, -0.05) is 24.3 Å². The number of alkyl halides is 6. The predicted octanol–water partition coefficient (Wildman–Crippen LogP) is 5.93. The molecule has 0 bridgehead atoms. The lowest BCUT2D eigenvalue weighted by molar-refractivity contribution is -0.288. The van der Waals surface area contributed by atoms with Gasteiger partial charge < -0.3 is 11.5 Å². The lowest BCUT2D eigenvalue weighted by atomic mass is 9.73. The molecule has 4 aromatic carbocycles. The number of halogens is 6. The molecular formula is C27H20F6N2O4S2. The van der Waals surface area contributed by atoms with Crippen molar-refractivity contribution in [2.75, 3.05) is 11.5 Å². The summed E-state index contributed by atoms with van der Waals surface area (Å²) in [4.78, 5) is -1.63. The molecule has 0 aliphatic carbocycles. The van der Waals surface area contributed by atoms with Crippen LogP contribution in [-0.2, 0) is 25.1 Å². The van der Waals surface area contributed by atoms with E-state index in [1.165, 1.54) is 24.3 Å². The number of anilines is 2. The number of hydrogen-bond acceptors (Lipinski definition) is 6. The van der Waals surface area contributed by atoms with Crippen molar-refractivity contribution in [3.63, 3.8) is 0 Å². The molecule has 0 spiro atoms. The summed E-state index contributed by atoms with van der Waals surface area (Å²) >= 11 is 0. The SMILES string of the molecule is Nc1ccc(S(=O)(=O)c2ccc(C(c3ccc(S(=O)(=O)c4ccc(N)cc4)cc3)(C(F)(F)F)C(F)(F)F)cc2)cc1. The molecule has 0 amide bonds. The van der Waals surface area contributed by atoms with Crippen molar-refractivity contribution >= 4 is 31.0 Å². The molecule has 4 N–H and O–H groups in total. The Balaban J connectivity index is 1.85. The van der Waals surface area contributed by atoms with Gasteiger partial charge in [0.05, 0.1) is 19.6 Å². The van der Waals surface area contributed by atoms with E-state index < -0.39 is 58.4 Å². The van der Waals surface area contributed by atoms with Crippen LogP contribution >= 0.6 is 0 Å². The van der Waals surface area contributed by atoms with Gasteiger partial charge in [-0.25, -0.2) is 16.8 Å². The maximum absolute atomic E-state index is 14.5. The van der Waals surface area contributed by atoms with E-state index in [1.807, 2.05) is 0 Å². The number of hydrogen-bond donors (Lipinski definition) is 2. The Morgan fingerprint density at radius 1 is 0.415 bits per heavy atom. The van der Waals surface area contributed by atoms with Crippen molar-refractivity contribution in [3.8, 4) is 0 Å². The third-order valence-electron chi connectivity index (χ3n) is 6.43. The molecule has 41 heavy (non-hydrogen) atoms. The summed E-state index contributed by atoms with van der Waals surface area (Å²) in [5.74, 6) is 0. The molecule has 4 aromatic rings. The Bertz CT molecular complexity index is 1630. The highest BCUT2D eigenvalue weighted by Gasteiger charge is 2.72. The van der Waals surface area contributed by atoms with E-state index in [2.05, 4.69) is 0 Å². The zero-order valence-electron chi connectivity index (χ0n) is 20.6. The van der Waals surface area contributed by atoms with Gasteiger partial charge in [-0.15, -0.1) is 0 Å². The first kappa shape index (κ1) is 29.9.